The van der Waals surface area contributed by atoms with Crippen molar-refractivity contribution in [3.05, 3.63) is 0 Å². The van der Waals surface area contributed by atoms with Crippen molar-refractivity contribution < 1.29 is 17.9 Å². The molecule has 2 nitrogen and oxygen atoms in total. The monoisotopic (exact) mass is 197 g/mol. The Bertz CT molecular complexity index is 145. The lowest BCUT2D eigenvalue weighted by atomic mass is 10.4. The molecule has 13 heavy (non-hydrogen) atoms. The second-order valence-corrected chi connectivity index (χ2v) is 3.32. The number of rotatable bonds is 6. The molecule has 0 unspecified atom stereocenters. The van der Waals surface area contributed by atoms with Crippen molar-refractivity contribution in [2.45, 2.75) is 19.0 Å². The maximum absolute atomic E-state index is 11.6. The van der Waals surface area contributed by atoms with E-state index in [2.05, 4.69) is 10.1 Å². The van der Waals surface area contributed by atoms with Crippen LogP contribution in [0.1, 0.15) is 12.8 Å². The van der Waals surface area contributed by atoms with Gasteiger partial charge in [0.1, 0.15) is 6.61 Å². The Morgan fingerprint density at radius 3 is 2.54 bits per heavy atom. The lowest BCUT2D eigenvalue weighted by molar-refractivity contribution is -0.173. The van der Waals surface area contributed by atoms with Crippen LogP contribution in [-0.2, 0) is 4.74 Å². The normalized spacial score (nSPS) is 17.8. The van der Waals surface area contributed by atoms with E-state index in [9.17, 15) is 13.2 Å². The van der Waals surface area contributed by atoms with Gasteiger partial charge in [-0.25, -0.2) is 0 Å². The van der Waals surface area contributed by atoms with E-state index >= 15 is 0 Å². The van der Waals surface area contributed by atoms with Crippen LogP contribution in [0, 0.1) is 5.92 Å². The van der Waals surface area contributed by atoms with Crippen LogP contribution in [0.25, 0.3) is 0 Å². The molecule has 5 heteroatoms. The van der Waals surface area contributed by atoms with Crippen LogP contribution in [0.15, 0.2) is 0 Å². The molecule has 0 aliphatic heterocycles. The molecule has 0 bridgehead atoms. The highest BCUT2D eigenvalue weighted by molar-refractivity contribution is 4.74. The third-order valence-corrected chi connectivity index (χ3v) is 1.82. The second-order valence-electron chi connectivity index (χ2n) is 3.32. The first-order valence-corrected chi connectivity index (χ1v) is 4.43. The summed E-state index contributed by atoms with van der Waals surface area (Å²) in [5.41, 5.74) is 0. The maximum Gasteiger partial charge on any atom is 0.411 e. The molecule has 0 aromatic carbocycles. The Balaban J connectivity index is 1.78. The first kappa shape index (κ1) is 10.8. The van der Waals surface area contributed by atoms with E-state index in [4.69, 9.17) is 0 Å². The minimum absolute atomic E-state index is 0.131. The van der Waals surface area contributed by atoms with E-state index < -0.39 is 12.8 Å². The lowest BCUT2D eigenvalue weighted by Crippen LogP contribution is -2.25. The standard InChI is InChI=1S/C8H14F3NO/c9-8(10,11)6-13-4-3-12-5-7-1-2-7/h7,12H,1-6H2. The molecule has 1 aliphatic rings. The molecular weight excluding hydrogens is 183 g/mol. The molecule has 0 heterocycles. The average molecular weight is 197 g/mol. The number of hydrogen-bond acceptors (Lipinski definition) is 2. The fraction of sp³-hybridized carbons (Fsp3) is 1.00. The molecule has 0 spiro atoms. The van der Waals surface area contributed by atoms with Gasteiger partial charge in [0, 0.05) is 6.54 Å². The molecule has 1 aliphatic carbocycles. The van der Waals surface area contributed by atoms with Gasteiger partial charge in [-0.05, 0) is 25.3 Å². The predicted molar refractivity (Wildman–Crippen MR) is 42.5 cm³/mol. The molecule has 0 aromatic heterocycles. The van der Waals surface area contributed by atoms with E-state index in [0.29, 0.717) is 6.54 Å². The van der Waals surface area contributed by atoms with Gasteiger partial charge < -0.3 is 10.1 Å². The van der Waals surface area contributed by atoms with Crippen molar-refractivity contribution in [2.75, 3.05) is 26.3 Å². The molecule has 78 valence electrons. The highest BCUT2D eigenvalue weighted by atomic mass is 19.4. The van der Waals surface area contributed by atoms with Crippen LogP contribution < -0.4 is 5.32 Å². The van der Waals surface area contributed by atoms with Crippen LogP contribution >= 0.6 is 0 Å². The second kappa shape index (κ2) is 4.81. The first-order valence-electron chi connectivity index (χ1n) is 4.43. The van der Waals surface area contributed by atoms with Gasteiger partial charge in [0.25, 0.3) is 0 Å². The highest BCUT2D eigenvalue weighted by Crippen LogP contribution is 2.27. The molecule has 1 saturated carbocycles. The van der Waals surface area contributed by atoms with Crippen molar-refractivity contribution in [1.29, 1.82) is 0 Å². The SMILES string of the molecule is FC(F)(F)COCCNCC1CC1. The van der Waals surface area contributed by atoms with Crippen molar-refractivity contribution in [3.8, 4) is 0 Å². The lowest BCUT2D eigenvalue weighted by Gasteiger charge is -2.07. The van der Waals surface area contributed by atoms with Crippen molar-refractivity contribution >= 4 is 0 Å². The number of halogens is 3. The largest absolute Gasteiger partial charge is 0.411 e. The fourth-order valence-corrected chi connectivity index (χ4v) is 0.960. The number of hydrogen-bond donors (Lipinski definition) is 1. The zero-order valence-corrected chi connectivity index (χ0v) is 7.36. The van der Waals surface area contributed by atoms with Gasteiger partial charge in [-0.3, -0.25) is 0 Å². The molecule has 0 saturated heterocycles. The zero-order chi connectivity index (χ0) is 9.73. The minimum Gasteiger partial charge on any atom is -0.371 e. The molecule has 1 fully saturated rings. The summed E-state index contributed by atoms with van der Waals surface area (Å²) in [6.07, 6.45) is -1.71. The minimum atomic E-state index is -4.20. The summed E-state index contributed by atoms with van der Waals surface area (Å²) in [6.45, 7) is 0.409. The topological polar surface area (TPSA) is 21.3 Å². The molecule has 1 rings (SSSR count). The summed E-state index contributed by atoms with van der Waals surface area (Å²) in [5.74, 6) is 0.752. The Labute approximate surface area is 75.4 Å². The van der Waals surface area contributed by atoms with E-state index in [1.54, 1.807) is 0 Å². The third kappa shape index (κ3) is 6.83. The number of ether oxygens (including phenoxy) is 1. The van der Waals surface area contributed by atoms with Gasteiger partial charge in [-0.2, -0.15) is 13.2 Å². The van der Waals surface area contributed by atoms with Crippen molar-refractivity contribution in [1.82, 2.24) is 5.32 Å². The molecule has 0 atom stereocenters. The molecule has 1 N–H and O–H groups in total. The van der Waals surface area contributed by atoms with E-state index in [0.717, 1.165) is 12.5 Å². The van der Waals surface area contributed by atoms with Crippen molar-refractivity contribution in [3.63, 3.8) is 0 Å². The van der Waals surface area contributed by atoms with Crippen LogP contribution in [0.2, 0.25) is 0 Å². The van der Waals surface area contributed by atoms with Crippen molar-refractivity contribution in [2.24, 2.45) is 5.92 Å². The predicted octanol–water partition coefficient (Wildman–Crippen LogP) is 1.56. The van der Waals surface area contributed by atoms with Crippen LogP contribution in [0.4, 0.5) is 13.2 Å². The van der Waals surface area contributed by atoms with Gasteiger partial charge in [-0.15, -0.1) is 0 Å². The van der Waals surface area contributed by atoms with E-state index in [1.165, 1.54) is 12.8 Å². The zero-order valence-electron chi connectivity index (χ0n) is 7.36. The van der Waals surface area contributed by atoms with Gasteiger partial charge in [-0.1, -0.05) is 0 Å². The Morgan fingerprint density at radius 1 is 1.31 bits per heavy atom. The first-order chi connectivity index (χ1) is 6.08. The third-order valence-electron chi connectivity index (χ3n) is 1.82. The molecule has 0 radical (unpaired) electrons. The quantitative estimate of drug-likeness (QED) is 0.652. The number of nitrogens with one attached hydrogen (secondary N) is 1. The van der Waals surface area contributed by atoms with Gasteiger partial charge in [0.15, 0.2) is 0 Å². The fourth-order valence-electron chi connectivity index (χ4n) is 0.960. The summed E-state index contributed by atoms with van der Waals surface area (Å²) in [6, 6.07) is 0. The van der Waals surface area contributed by atoms with Crippen LogP contribution in [-0.4, -0.2) is 32.5 Å². The summed E-state index contributed by atoms with van der Waals surface area (Å²) < 4.78 is 39.1. The average Bonchev–Trinajstić information content (AvgIpc) is 2.77. The maximum atomic E-state index is 11.6. The summed E-state index contributed by atoms with van der Waals surface area (Å²) in [7, 11) is 0. The molecule has 0 aromatic rings. The molecular formula is C8H14F3NO. The van der Waals surface area contributed by atoms with E-state index in [-0.39, 0.29) is 6.61 Å². The highest BCUT2D eigenvalue weighted by Gasteiger charge is 2.27. The Morgan fingerprint density at radius 2 is 2.00 bits per heavy atom. The Kier molecular flexibility index (Phi) is 3.99. The summed E-state index contributed by atoms with van der Waals surface area (Å²) in [4.78, 5) is 0. The van der Waals surface area contributed by atoms with Gasteiger partial charge in [0.2, 0.25) is 0 Å². The summed E-state index contributed by atoms with van der Waals surface area (Å²) in [5, 5.41) is 3.04. The molecule has 0 amide bonds. The van der Waals surface area contributed by atoms with Gasteiger partial charge in [0.05, 0.1) is 6.61 Å². The summed E-state index contributed by atoms with van der Waals surface area (Å²) >= 11 is 0. The van der Waals surface area contributed by atoms with Gasteiger partial charge >= 0.3 is 6.18 Å². The number of alkyl halides is 3. The Hall–Kier alpha value is -0.290. The van der Waals surface area contributed by atoms with Crippen LogP contribution in [0.3, 0.4) is 0 Å². The smallest absolute Gasteiger partial charge is 0.371 e. The van der Waals surface area contributed by atoms with E-state index in [1.807, 2.05) is 0 Å². The van der Waals surface area contributed by atoms with Crippen LogP contribution in [0.5, 0.6) is 0 Å².